The third-order valence-electron chi connectivity index (χ3n) is 1.12. The summed E-state index contributed by atoms with van der Waals surface area (Å²) in [6, 6.07) is 0. The van der Waals surface area contributed by atoms with E-state index < -0.39 is 5.97 Å². The van der Waals surface area contributed by atoms with Gasteiger partial charge >= 0.3 is 5.97 Å². The molecule has 5 nitrogen and oxygen atoms in total. The minimum Gasteiger partial charge on any atom is -0.463 e. The predicted octanol–water partition coefficient (Wildman–Crippen LogP) is 0.371. The Balaban J connectivity index is 4.02. The molecular weight excluding hydrogens is 170 g/mol. The van der Waals surface area contributed by atoms with Crippen LogP contribution >= 0.6 is 0 Å². The van der Waals surface area contributed by atoms with Crippen LogP contribution in [0.4, 0.5) is 0 Å². The summed E-state index contributed by atoms with van der Waals surface area (Å²) in [7, 11) is 1.54. The van der Waals surface area contributed by atoms with Crippen molar-refractivity contribution in [2.24, 2.45) is 0 Å². The highest BCUT2D eigenvalue weighted by molar-refractivity contribution is 5.82. The molecule has 0 rings (SSSR count). The zero-order valence-electron chi connectivity index (χ0n) is 8.00. The molecule has 0 bridgehead atoms. The van der Waals surface area contributed by atoms with Gasteiger partial charge in [-0.25, -0.2) is 9.80 Å². The molecule has 0 atom stereocenters. The average molecular weight is 183 g/mol. The van der Waals surface area contributed by atoms with E-state index in [0.717, 1.165) is 0 Å². The first kappa shape index (κ1) is 11.3. The van der Waals surface area contributed by atoms with E-state index in [0.29, 0.717) is 12.3 Å². The van der Waals surface area contributed by atoms with Crippen molar-refractivity contribution in [3.63, 3.8) is 0 Å². The Labute approximate surface area is 77.6 Å². The molecule has 0 unspecified atom stereocenters. The van der Waals surface area contributed by atoms with E-state index in [1.165, 1.54) is 11.1 Å². The van der Waals surface area contributed by atoms with Gasteiger partial charge in [-0.3, -0.25) is 5.43 Å². The van der Waals surface area contributed by atoms with Crippen LogP contribution in [-0.2, 0) is 9.53 Å². The number of ether oxygens (including phenoxy) is 1. The summed E-state index contributed by atoms with van der Waals surface area (Å²) in [6.45, 7) is 3.75. The quantitative estimate of drug-likeness (QED) is 0.224. The van der Waals surface area contributed by atoms with Crippen LogP contribution in [0, 0.1) is 11.5 Å². The third kappa shape index (κ3) is 5.56. The average Bonchev–Trinajstić information content (AvgIpc) is 2.04. The Morgan fingerprint density at radius 2 is 2.38 bits per heavy atom. The number of hydrogen-bond acceptors (Lipinski definition) is 5. The van der Waals surface area contributed by atoms with E-state index in [4.69, 9.17) is 5.26 Å². The number of carbonyl (C=O) groups is 1. The van der Waals surface area contributed by atoms with Crippen LogP contribution in [0.2, 0.25) is 0 Å². The SMILES string of the molecule is CCOC(=O)/C=C(/C)NN(C)C#N. The van der Waals surface area contributed by atoms with Gasteiger partial charge < -0.3 is 4.74 Å². The fourth-order valence-electron chi connectivity index (χ4n) is 0.683. The molecule has 0 heterocycles. The first-order chi connectivity index (χ1) is 6.10. The molecule has 0 saturated heterocycles. The monoisotopic (exact) mass is 183 g/mol. The lowest BCUT2D eigenvalue weighted by Crippen LogP contribution is -2.28. The number of nitrogens with zero attached hydrogens (tertiary/aromatic N) is 2. The molecule has 0 aliphatic carbocycles. The fourth-order valence-corrected chi connectivity index (χ4v) is 0.683. The van der Waals surface area contributed by atoms with Gasteiger partial charge in [0, 0.05) is 18.8 Å². The van der Waals surface area contributed by atoms with Gasteiger partial charge in [-0.1, -0.05) is 0 Å². The number of hydrazine groups is 1. The fraction of sp³-hybridized carbons (Fsp3) is 0.500. The predicted molar refractivity (Wildman–Crippen MR) is 46.9 cm³/mol. The number of carbonyl (C=O) groups excluding carboxylic acids is 1. The number of nitrogens with one attached hydrogen (secondary N) is 1. The largest absolute Gasteiger partial charge is 0.463 e. The summed E-state index contributed by atoms with van der Waals surface area (Å²) in [6.07, 6.45) is 3.12. The Morgan fingerprint density at radius 1 is 1.77 bits per heavy atom. The number of allylic oxidation sites excluding steroid dienone is 1. The molecule has 0 aromatic heterocycles. The van der Waals surface area contributed by atoms with Gasteiger partial charge in [-0.15, -0.1) is 0 Å². The minimum atomic E-state index is -0.418. The van der Waals surface area contributed by atoms with E-state index in [1.807, 2.05) is 6.19 Å². The highest BCUT2D eigenvalue weighted by Crippen LogP contribution is 1.89. The van der Waals surface area contributed by atoms with Gasteiger partial charge in [0.15, 0.2) is 6.19 Å². The zero-order valence-corrected chi connectivity index (χ0v) is 8.00. The summed E-state index contributed by atoms with van der Waals surface area (Å²) in [4.78, 5) is 10.9. The van der Waals surface area contributed by atoms with Crippen LogP contribution in [0.5, 0.6) is 0 Å². The van der Waals surface area contributed by atoms with Crippen LogP contribution in [-0.4, -0.2) is 24.6 Å². The Morgan fingerprint density at radius 3 is 2.85 bits per heavy atom. The van der Waals surface area contributed by atoms with Crippen molar-refractivity contribution in [1.29, 1.82) is 5.26 Å². The molecular formula is C8H13N3O2. The Kier molecular flexibility index (Phi) is 5.12. The van der Waals surface area contributed by atoms with E-state index in [1.54, 1.807) is 20.9 Å². The molecule has 1 N–H and O–H groups in total. The molecule has 5 heteroatoms. The lowest BCUT2D eigenvalue weighted by atomic mass is 10.4. The second kappa shape index (κ2) is 5.89. The summed E-state index contributed by atoms with van der Waals surface area (Å²) < 4.78 is 4.67. The summed E-state index contributed by atoms with van der Waals surface area (Å²) in [5, 5.41) is 9.58. The van der Waals surface area contributed by atoms with Crippen molar-refractivity contribution < 1.29 is 9.53 Å². The molecule has 0 fully saturated rings. The first-order valence-corrected chi connectivity index (χ1v) is 3.85. The van der Waals surface area contributed by atoms with Crippen LogP contribution in [0.3, 0.4) is 0 Å². The van der Waals surface area contributed by atoms with Gasteiger partial charge in [0.25, 0.3) is 0 Å². The first-order valence-electron chi connectivity index (χ1n) is 3.85. The Bertz CT molecular complexity index is 242. The van der Waals surface area contributed by atoms with Gasteiger partial charge in [0.2, 0.25) is 0 Å². The summed E-state index contributed by atoms with van der Waals surface area (Å²) in [5.74, 6) is -0.418. The van der Waals surface area contributed by atoms with Crippen LogP contribution < -0.4 is 5.43 Å². The van der Waals surface area contributed by atoms with E-state index >= 15 is 0 Å². The van der Waals surface area contributed by atoms with Gasteiger partial charge in [-0.05, 0) is 13.8 Å². The number of rotatable bonds is 4. The highest BCUT2D eigenvalue weighted by atomic mass is 16.5. The molecule has 0 amide bonds. The molecule has 0 aromatic carbocycles. The minimum absolute atomic E-state index is 0.344. The lowest BCUT2D eigenvalue weighted by Gasteiger charge is -2.11. The van der Waals surface area contributed by atoms with Gasteiger partial charge in [-0.2, -0.15) is 5.26 Å². The van der Waals surface area contributed by atoms with E-state index in [2.05, 4.69) is 10.2 Å². The number of hydrogen-bond donors (Lipinski definition) is 1. The molecule has 0 spiro atoms. The lowest BCUT2D eigenvalue weighted by molar-refractivity contribution is -0.137. The smallest absolute Gasteiger partial charge is 0.332 e. The standard InChI is InChI=1S/C8H13N3O2/c1-4-13-8(12)5-7(2)10-11(3)6-9/h5,10H,4H2,1-3H3/b7-5-. The van der Waals surface area contributed by atoms with Gasteiger partial charge in [0.1, 0.15) is 0 Å². The van der Waals surface area contributed by atoms with Crippen molar-refractivity contribution in [3.8, 4) is 6.19 Å². The molecule has 13 heavy (non-hydrogen) atoms. The maximum Gasteiger partial charge on any atom is 0.332 e. The van der Waals surface area contributed by atoms with Gasteiger partial charge in [0.05, 0.1) is 6.61 Å². The third-order valence-corrected chi connectivity index (χ3v) is 1.12. The van der Waals surface area contributed by atoms with Crippen LogP contribution in [0.25, 0.3) is 0 Å². The maximum absolute atomic E-state index is 10.9. The van der Waals surface area contributed by atoms with Crippen molar-refractivity contribution in [3.05, 3.63) is 11.8 Å². The highest BCUT2D eigenvalue weighted by Gasteiger charge is 1.98. The number of nitriles is 1. The number of esters is 1. The summed E-state index contributed by atoms with van der Waals surface area (Å²) >= 11 is 0. The van der Waals surface area contributed by atoms with Crippen molar-refractivity contribution in [2.75, 3.05) is 13.7 Å². The van der Waals surface area contributed by atoms with Crippen molar-refractivity contribution in [1.82, 2.24) is 10.4 Å². The topological polar surface area (TPSA) is 65.4 Å². The zero-order chi connectivity index (χ0) is 10.3. The molecule has 0 saturated carbocycles. The molecule has 0 radical (unpaired) electrons. The molecule has 72 valence electrons. The normalized spacial score (nSPS) is 10.2. The second-order valence-corrected chi connectivity index (χ2v) is 2.35. The van der Waals surface area contributed by atoms with E-state index in [-0.39, 0.29) is 0 Å². The van der Waals surface area contributed by atoms with Crippen LogP contribution in [0.1, 0.15) is 13.8 Å². The maximum atomic E-state index is 10.9. The van der Waals surface area contributed by atoms with E-state index in [9.17, 15) is 4.79 Å². The summed E-state index contributed by atoms with van der Waals surface area (Å²) in [5.41, 5.74) is 3.21. The molecule has 0 aliphatic rings. The van der Waals surface area contributed by atoms with Crippen molar-refractivity contribution in [2.45, 2.75) is 13.8 Å². The van der Waals surface area contributed by atoms with Crippen LogP contribution in [0.15, 0.2) is 11.8 Å². The molecule has 0 aliphatic heterocycles. The van der Waals surface area contributed by atoms with Crippen molar-refractivity contribution >= 4 is 5.97 Å². The Hall–Kier alpha value is -1.70. The second-order valence-electron chi connectivity index (χ2n) is 2.35. The molecule has 0 aromatic rings.